The van der Waals surface area contributed by atoms with Gasteiger partial charge < -0.3 is 23.7 Å². The van der Waals surface area contributed by atoms with E-state index in [0.717, 1.165) is 16.9 Å². The van der Waals surface area contributed by atoms with E-state index in [1.807, 2.05) is 35.2 Å². The molecule has 2 aliphatic rings. The van der Waals surface area contributed by atoms with E-state index in [-0.39, 0.29) is 17.9 Å². The normalized spacial score (nSPS) is 21.6. The minimum atomic E-state index is -0.462. The molecule has 1 saturated heterocycles. The molecule has 29 heavy (non-hydrogen) atoms. The summed E-state index contributed by atoms with van der Waals surface area (Å²) in [5, 5.41) is 0. The molecule has 1 aromatic heterocycles. The number of carbonyl (C=O) groups excluding carboxylic acids is 2. The summed E-state index contributed by atoms with van der Waals surface area (Å²) in [5.74, 6) is 0.732. The van der Waals surface area contributed by atoms with Crippen LogP contribution in [0.15, 0.2) is 58.9 Å². The van der Waals surface area contributed by atoms with Crippen molar-refractivity contribution in [1.82, 2.24) is 9.80 Å². The van der Waals surface area contributed by atoms with Crippen LogP contribution in [0.2, 0.25) is 0 Å². The standard InChI is InChI=1S/C22H24N2O5/c1-27-18-5-3-15(4-6-18)13-24-19(20(28-2)22(24)26)16-7-10-23(11-8-16)21(25)17-9-12-29-14-17/h3-7,9,12,14,19-20H,8,10-11,13H2,1-2H3/t19-,20+/m0/s1. The van der Waals surface area contributed by atoms with E-state index in [1.165, 1.54) is 12.5 Å². The third-order valence-corrected chi connectivity index (χ3v) is 5.59. The topological polar surface area (TPSA) is 72.2 Å². The van der Waals surface area contributed by atoms with Gasteiger partial charge in [-0.3, -0.25) is 9.59 Å². The molecular weight excluding hydrogens is 372 g/mol. The lowest BCUT2D eigenvalue weighted by molar-refractivity contribution is -0.168. The van der Waals surface area contributed by atoms with Gasteiger partial charge in [-0.2, -0.15) is 0 Å². The summed E-state index contributed by atoms with van der Waals surface area (Å²) >= 11 is 0. The predicted octanol–water partition coefficient (Wildman–Crippen LogP) is 2.49. The van der Waals surface area contributed by atoms with Crippen molar-refractivity contribution in [2.75, 3.05) is 27.3 Å². The number of hydrogen-bond acceptors (Lipinski definition) is 5. The van der Waals surface area contributed by atoms with Crippen molar-refractivity contribution in [3.05, 3.63) is 65.6 Å². The Bertz CT molecular complexity index is 904. The molecule has 2 atom stereocenters. The summed E-state index contributed by atoms with van der Waals surface area (Å²) in [6.45, 7) is 1.63. The number of β-lactam (4-membered cyclic amide) rings is 1. The lowest BCUT2D eigenvalue weighted by Crippen LogP contribution is -2.66. The number of rotatable bonds is 6. The highest BCUT2D eigenvalue weighted by Gasteiger charge is 2.49. The van der Waals surface area contributed by atoms with Gasteiger partial charge in [0, 0.05) is 26.7 Å². The average Bonchev–Trinajstić information content (AvgIpc) is 3.30. The van der Waals surface area contributed by atoms with Gasteiger partial charge in [-0.1, -0.05) is 18.2 Å². The molecule has 1 fully saturated rings. The van der Waals surface area contributed by atoms with Crippen molar-refractivity contribution in [3.8, 4) is 5.75 Å². The van der Waals surface area contributed by atoms with Gasteiger partial charge in [0.25, 0.3) is 11.8 Å². The van der Waals surface area contributed by atoms with E-state index in [1.54, 1.807) is 25.2 Å². The molecule has 2 aliphatic heterocycles. The van der Waals surface area contributed by atoms with Gasteiger partial charge in [-0.25, -0.2) is 0 Å². The zero-order chi connectivity index (χ0) is 20.4. The molecule has 2 aromatic rings. The van der Waals surface area contributed by atoms with E-state index >= 15 is 0 Å². The number of benzene rings is 1. The van der Waals surface area contributed by atoms with Gasteiger partial charge in [0.05, 0.1) is 25.0 Å². The van der Waals surface area contributed by atoms with Crippen LogP contribution in [-0.4, -0.2) is 61.1 Å². The summed E-state index contributed by atoms with van der Waals surface area (Å²) in [5.41, 5.74) is 2.73. The number of carbonyl (C=O) groups is 2. The molecular formula is C22H24N2O5. The maximum absolute atomic E-state index is 12.6. The number of furan rings is 1. The van der Waals surface area contributed by atoms with Gasteiger partial charge in [-0.05, 0) is 35.8 Å². The highest BCUT2D eigenvalue weighted by Crippen LogP contribution is 2.33. The first-order chi connectivity index (χ1) is 14.1. The fraction of sp³-hybridized carbons (Fsp3) is 0.364. The number of nitrogens with zero attached hydrogens (tertiary/aromatic N) is 2. The molecule has 2 amide bonds. The third-order valence-electron chi connectivity index (χ3n) is 5.59. The monoisotopic (exact) mass is 396 g/mol. The van der Waals surface area contributed by atoms with Crippen LogP contribution in [0.1, 0.15) is 22.3 Å². The molecule has 0 spiro atoms. The SMILES string of the molecule is COc1ccc(CN2C(=O)[C@H](OC)[C@@H]2C2=CCN(C(=O)c3ccoc3)CC2)cc1. The Morgan fingerprint density at radius 2 is 2.00 bits per heavy atom. The Balaban J connectivity index is 1.46. The minimum Gasteiger partial charge on any atom is -0.497 e. The molecule has 4 rings (SSSR count). The van der Waals surface area contributed by atoms with E-state index in [0.29, 0.717) is 31.6 Å². The molecule has 0 bridgehead atoms. The van der Waals surface area contributed by atoms with Crippen LogP contribution in [0.4, 0.5) is 0 Å². The van der Waals surface area contributed by atoms with Crippen LogP contribution in [0.25, 0.3) is 0 Å². The Kier molecular flexibility index (Phi) is 5.40. The molecule has 7 nitrogen and oxygen atoms in total. The third kappa shape index (κ3) is 3.65. The van der Waals surface area contributed by atoms with E-state index < -0.39 is 6.10 Å². The highest BCUT2D eigenvalue weighted by atomic mass is 16.5. The fourth-order valence-corrected chi connectivity index (χ4v) is 3.95. The lowest BCUT2D eigenvalue weighted by Gasteiger charge is -2.48. The number of likely N-dealkylation sites (tertiary alicyclic amines) is 1. The molecule has 0 saturated carbocycles. The summed E-state index contributed by atoms with van der Waals surface area (Å²) in [6, 6.07) is 9.28. The maximum Gasteiger partial charge on any atom is 0.257 e. The fourth-order valence-electron chi connectivity index (χ4n) is 3.95. The van der Waals surface area contributed by atoms with Crippen LogP contribution in [-0.2, 0) is 16.1 Å². The minimum absolute atomic E-state index is 0.00822. The predicted molar refractivity (Wildman–Crippen MR) is 105 cm³/mol. The summed E-state index contributed by atoms with van der Waals surface area (Å²) < 4.78 is 15.7. The first-order valence-electron chi connectivity index (χ1n) is 9.59. The summed E-state index contributed by atoms with van der Waals surface area (Å²) in [6.07, 6.45) is 5.25. The van der Waals surface area contributed by atoms with Crippen LogP contribution in [0, 0.1) is 0 Å². The molecule has 3 heterocycles. The zero-order valence-corrected chi connectivity index (χ0v) is 16.5. The highest BCUT2D eigenvalue weighted by molar-refractivity contribution is 5.94. The Labute approximate surface area is 169 Å². The number of amides is 2. The van der Waals surface area contributed by atoms with Gasteiger partial charge in [-0.15, -0.1) is 0 Å². The second-order valence-corrected chi connectivity index (χ2v) is 7.21. The lowest BCUT2D eigenvalue weighted by atomic mass is 9.86. The molecule has 0 aliphatic carbocycles. The van der Waals surface area contributed by atoms with Crippen molar-refractivity contribution in [1.29, 1.82) is 0 Å². The molecule has 7 heteroatoms. The van der Waals surface area contributed by atoms with Crippen molar-refractivity contribution >= 4 is 11.8 Å². The summed E-state index contributed by atoms with van der Waals surface area (Å²) in [4.78, 5) is 28.7. The Morgan fingerprint density at radius 3 is 2.59 bits per heavy atom. The van der Waals surface area contributed by atoms with Crippen LogP contribution in [0.3, 0.4) is 0 Å². The smallest absolute Gasteiger partial charge is 0.257 e. The van der Waals surface area contributed by atoms with Crippen LogP contribution in [0.5, 0.6) is 5.75 Å². The molecule has 0 radical (unpaired) electrons. The van der Waals surface area contributed by atoms with Crippen molar-refractivity contribution in [2.24, 2.45) is 0 Å². The quantitative estimate of drug-likeness (QED) is 0.554. The average molecular weight is 396 g/mol. The summed E-state index contributed by atoms with van der Waals surface area (Å²) in [7, 11) is 3.20. The van der Waals surface area contributed by atoms with Gasteiger partial charge in [0.2, 0.25) is 0 Å². The zero-order valence-electron chi connectivity index (χ0n) is 16.5. The van der Waals surface area contributed by atoms with E-state index in [4.69, 9.17) is 13.9 Å². The second kappa shape index (κ2) is 8.13. The van der Waals surface area contributed by atoms with Gasteiger partial charge >= 0.3 is 0 Å². The first-order valence-corrected chi connectivity index (χ1v) is 9.59. The molecule has 1 aromatic carbocycles. The maximum atomic E-state index is 12.6. The largest absolute Gasteiger partial charge is 0.497 e. The molecule has 0 unspecified atom stereocenters. The second-order valence-electron chi connectivity index (χ2n) is 7.21. The molecule has 0 N–H and O–H groups in total. The number of methoxy groups -OCH3 is 2. The number of ether oxygens (including phenoxy) is 2. The van der Waals surface area contributed by atoms with Gasteiger partial charge in [0.1, 0.15) is 12.0 Å². The Morgan fingerprint density at radius 1 is 1.21 bits per heavy atom. The number of hydrogen-bond donors (Lipinski definition) is 0. The van der Waals surface area contributed by atoms with E-state index in [9.17, 15) is 9.59 Å². The van der Waals surface area contributed by atoms with Crippen molar-refractivity contribution in [3.63, 3.8) is 0 Å². The van der Waals surface area contributed by atoms with Crippen molar-refractivity contribution < 1.29 is 23.5 Å². The molecule has 152 valence electrons. The van der Waals surface area contributed by atoms with Gasteiger partial charge in [0.15, 0.2) is 6.10 Å². The first kappa shape index (κ1) is 19.3. The van der Waals surface area contributed by atoms with Crippen molar-refractivity contribution in [2.45, 2.75) is 25.1 Å². The van der Waals surface area contributed by atoms with Crippen LogP contribution < -0.4 is 4.74 Å². The van der Waals surface area contributed by atoms with Crippen LogP contribution >= 0.6 is 0 Å². The van der Waals surface area contributed by atoms with E-state index in [2.05, 4.69) is 0 Å². The Hall–Kier alpha value is -3.06.